The molecule has 0 spiro atoms. The first-order valence-electron chi connectivity index (χ1n) is 5.21. The predicted molar refractivity (Wildman–Crippen MR) is 57.7 cm³/mol. The summed E-state index contributed by atoms with van der Waals surface area (Å²) in [4.78, 5) is 21.7. The second-order valence-electron chi connectivity index (χ2n) is 3.67. The lowest BCUT2D eigenvalue weighted by molar-refractivity contribution is -0.186. The van der Waals surface area contributed by atoms with Crippen molar-refractivity contribution in [2.45, 2.75) is 26.3 Å². The van der Waals surface area contributed by atoms with Crippen molar-refractivity contribution in [2.75, 3.05) is 0 Å². The molecule has 1 rings (SSSR count). The molecule has 104 valence electrons. The van der Waals surface area contributed by atoms with Crippen LogP contribution in [-0.2, 0) is 25.2 Å². The third kappa shape index (κ3) is 4.61. The number of benzene rings is 1. The van der Waals surface area contributed by atoms with Crippen LogP contribution in [0.5, 0.6) is 0 Å². The maximum atomic E-state index is 12.4. The van der Waals surface area contributed by atoms with Crippen molar-refractivity contribution in [3.63, 3.8) is 0 Å². The SMILES string of the molecule is CC(=O)OC(OC(C)=O)c1ccc(C(F)(F)F)cc1. The highest BCUT2D eigenvalue weighted by Gasteiger charge is 2.30. The van der Waals surface area contributed by atoms with Gasteiger partial charge in [0.2, 0.25) is 0 Å². The van der Waals surface area contributed by atoms with Gasteiger partial charge in [0.15, 0.2) is 0 Å². The van der Waals surface area contributed by atoms with E-state index in [1.165, 1.54) is 0 Å². The molecule has 1 aromatic carbocycles. The maximum absolute atomic E-state index is 12.4. The number of halogens is 3. The van der Waals surface area contributed by atoms with Gasteiger partial charge in [0.25, 0.3) is 6.29 Å². The van der Waals surface area contributed by atoms with Gasteiger partial charge in [-0.1, -0.05) is 12.1 Å². The summed E-state index contributed by atoms with van der Waals surface area (Å²) >= 11 is 0. The van der Waals surface area contributed by atoms with Gasteiger partial charge >= 0.3 is 18.1 Å². The van der Waals surface area contributed by atoms with E-state index >= 15 is 0 Å². The van der Waals surface area contributed by atoms with Crippen molar-refractivity contribution in [2.24, 2.45) is 0 Å². The lowest BCUT2D eigenvalue weighted by Gasteiger charge is -2.17. The van der Waals surface area contributed by atoms with E-state index in [2.05, 4.69) is 0 Å². The Bertz CT molecular complexity index is 449. The molecule has 0 aliphatic carbocycles. The average molecular weight is 276 g/mol. The second-order valence-corrected chi connectivity index (χ2v) is 3.67. The molecule has 1 aromatic rings. The summed E-state index contributed by atoms with van der Waals surface area (Å²) in [6.45, 7) is 2.20. The Morgan fingerprint density at radius 3 is 1.74 bits per heavy atom. The van der Waals surface area contributed by atoms with Gasteiger partial charge < -0.3 is 9.47 Å². The zero-order valence-electron chi connectivity index (χ0n) is 10.2. The van der Waals surface area contributed by atoms with E-state index in [4.69, 9.17) is 9.47 Å². The van der Waals surface area contributed by atoms with Crippen molar-refractivity contribution in [1.82, 2.24) is 0 Å². The predicted octanol–water partition coefficient (Wildman–Crippen LogP) is 2.83. The zero-order valence-corrected chi connectivity index (χ0v) is 10.2. The summed E-state index contributed by atoms with van der Waals surface area (Å²) in [5.41, 5.74) is -0.709. The topological polar surface area (TPSA) is 52.6 Å². The largest absolute Gasteiger partial charge is 0.421 e. The van der Waals surface area contributed by atoms with Gasteiger partial charge in [-0.05, 0) is 12.1 Å². The molecular weight excluding hydrogens is 265 g/mol. The van der Waals surface area contributed by atoms with E-state index in [0.29, 0.717) is 0 Å². The molecule has 19 heavy (non-hydrogen) atoms. The summed E-state index contributed by atoms with van der Waals surface area (Å²) < 4.78 is 46.5. The maximum Gasteiger partial charge on any atom is 0.416 e. The third-order valence-corrected chi connectivity index (χ3v) is 2.06. The Labute approximate surface area is 107 Å². The Morgan fingerprint density at radius 1 is 1.00 bits per heavy atom. The van der Waals surface area contributed by atoms with E-state index < -0.39 is 30.0 Å². The van der Waals surface area contributed by atoms with Crippen LogP contribution in [0.25, 0.3) is 0 Å². The molecule has 0 aromatic heterocycles. The zero-order chi connectivity index (χ0) is 14.6. The smallest absolute Gasteiger partial charge is 0.416 e. The first-order valence-corrected chi connectivity index (χ1v) is 5.21. The Hall–Kier alpha value is -2.05. The number of alkyl halides is 3. The fraction of sp³-hybridized carbons (Fsp3) is 0.333. The highest BCUT2D eigenvalue weighted by Crippen LogP contribution is 2.30. The molecule has 0 aliphatic rings. The summed E-state index contributed by atoms with van der Waals surface area (Å²) in [5, 5.41) is 0. The second kappa shape index (κ2) is 5.73. The summed E-state index contributed by atoms with van der Waals surface area (Å²) in [7, 11) is 0. The van der Waals surface area contributed by atoms with E-state index in [1.807, 2.05) is 0 Å². The molecule has 0 heterocycles. The number of carbonyl (C=O) groups excluding carboxylic acids is 2. The Kier molecular flexibility index (Phi) is 4.52. The third-order valence-electron chi connectivity index (χ3n) is 2.06. The quantitative estimate of drug-likeness (QED) is 0.629. The van der Waals surface area contributed by atoms with Crippen molar-refractivity contribution in [3.05, 3.63) is 35.4 Å². The number of ether oxygens (including phenoxy) is 2. The fourth-order valence-electron chi connectivity index (χ4n) is 1.29. The first-order chi connectivity index (χ1) is 8.70. The molecule has 0 saturated heterocycles. The minimum absolute atomic E-state index is 0.137. The normalized spacial score (nSPS) is 11.3. The highest BCUT2D eigenvalue weighted by molar-refractivity contribution is 5.68. The summed E-state index contributed by atoms with van der Waals surface area (Å²) in [6.07, 6.45) is -5.81. The first kappa shape index (κ1) is 15.0. The van der Waals surface area contributed by atoms with Crippen molar-refractivity contribution in [3.8, 4) is 0 Å². The monoisotopic (exact) mass is 276 g/mol. The molecule has 0 N–H and O–H groups in total. The molecule has 4 nitrogen and oxygen atoms in total. The minimum Gasteiger partial charge on any atom is -0.421 e. The van der Waals surface area contributed by atoms with Crippen molar-refractivity contribution in [1.29, 1.82) is 0 Å². The van der Waals surface area contributed by atoms with Crippen LogP contribution in [-0.4, -0.2) is 11.9 Å². The molecule has 0 atom stereocenters. The van der Waals surface area contributed by atoms with Crippen molar-refractivity contribution >= 4 is 11.9 Å². The molecule has 0 fully saturated rings. The summed E-state index contributed by atoms with van der Waals surface area (Å²) in [5.74, 6) is -1.43. The van der Waals surface area contributed by atoms with Crippen LogP contribution in [0.1, 0.15) is 31.3 Å². The van der Waals surface area contributed by atoms with E-state index in [-0.39, 0.29) is 5.56 Å². The number of esters is 2. The van der Waals surface area contributed by atoms with Crippen molar-refractivity contribution < 1.29 is 32.2 Å². The van der Waals surface area contributed by atoms with Crippen LogP contribution in [0, 0.1) is 0 Å². The lowest BCUT2D eigenvalue weighted by atomic mass is 10.1. The van der Waals surface area contributed by atoms with Gasteiger partial charge in [-0.3, -0.25) is 9.59 Å². The molecule has 0 saturated carbocycles. The Morgan fingerprint density at radius 2 is 1.42 bits per heavy atom. The van der Waals surface area contributed by atoms with Crippen LogP contribution in [0.4, 0.5) is 13.2 Å². The van der Waals surface area contributed by atoms with Crippen LogP contribution in [0.3, 0.4) is 0 Å². The van der Waals surface area contributed by atoms with Crippen LogP contribution < -0.4 is 0 Å². The fourth-order valence-corrected chi connectivity index (χ4v) is 1.29. The van der Waals surface area contributed by atoms with Gasteiger partial charge in [-0.15, -0.1) is 0 Å². The molecule has 0 bridgehead atoms. The van der Waals surface area contributed by atoms with Gasteiger partial charge in [0.1, 0.15) is 0 Å². The molecule has 0 amide bonds. The van der Waals surface area contributed by atoms with Gasteiger partial charge in [0, 0.05) is 19.4 Å². The van der Waals surface area contributed by atoms with E-state index in [0.717, 1.165) is 38.1 Å². The number of hydrogen-bond acceptors (Lipinski definition) is 4. The Balaban J connectivity index is 2.96. The number of carbonyl (C=O) groups is 2. The average Bonchev–Trinajstić information content (AvgIpc) is 2.26. The standard InChI is InChI=1S/C12H11F3O4/c1-7(16)18-11(19-8(2)17)9-3-5-10(6-4-9)12(13,14)15/h3-6,11H,1-2H3. The van der Waals surface area contributed by atoms with Crippen LogP contribution in [0.2, 0.25) is 0 Å². The minimum atomic E-state index is -4.46. The van der Waals surface area contributed by atoms with Gasteiger partial charge in [0.05, 0.1) is 5.56 Å². The van der Waals surface area contributed by atoms with Gasteiger partial charge in [-0.2, -0.15) is 13.2 Å². The van der Waals surface area contributed by atoms with Gasteiger partial charge in [-0.25, -0.2) is 0 Å². The molecular formula is C12H11F3O4. The highest BCUT2D eigenvalue weighted by atomic mass is 19.4. The van der Waals surface area contributed by atoms with E-state index in [9.17, 15) is 22.8 Å². The van der Waals surface area contributed by atoms with E-state index in [1.54, 1.807) is 0 Å². The van der Waals surface area contributed by atoms with Crippen LogP contribution >= 0.6 is 0 Å². The number of hydrogen-bond donors (Lipinski definition) is 0. The lowest BCUT2D eigenvalue weighted by Crippen LogP contribution is -2.15. The van der Waals surface area contributed by atoms with Crippen LogP contribution in [0.15, 0.2) is 24.3 Å². The molecule has 0 unspecified atom stereocenters. The molecule has 0 radical (unpaired) electrons. The summed E-state index contributed by atoms with van der Waals surface area (Å²) in [6, 6.07) is 3.80. The molecule has 7 heteroatoms. The molecule has 0 aliphatic heterocycles. The number of rotatable bonds is 3.